The lowest BCUT2D eigenvalue weighted by molar-refractivity contribution is -0.107. The van der Waals surface area contributed by atoms with Crippen molar-refractivity contribution < 1.29 is 9.59 Å². The first kappa shape index (κ1) is 16.2. The Kier molecular flexibility index (Phi) is 5.96. The van der Waals surface area contributed by atoms with E-state index in [1.807, 2.05) is 48.9 Å². The first-order valence-electron chi connectivity index (χ1n) is 6.18. The van der Waals surface area contributed by atoms with E-state index < -0.39 is 10.9 Å². The van der Waals surface area contributed by atoms with Gasteiger partial charge in [-0.3, -0.25) is 9.59 Å². The molecule has 0 aromatic heterocycles. The summed E-state index contributed by atoms with van der Waals surface area (Å²) in [5.41, 5.74) is 0.436. The molecule has 0 unspecified atom stereocenters. The third-order valence-corrected chi connectivity index (χ3v) is 5.17. The molecular formula is C16H14O2S3. The fourth-order valence-electron chi connectivity index (χ4n) is 1.66. The maximum Gasteiger partial charge on any atom is 0.264 e. The van der Waals surface area contributed by atoms with E-state index in [-0.39, 0.29) is 0 Å². The van der Waals surface area contributed by atoms with E-state index in [1.54, 1.807) is 35.7 Å². The lowest BCUT2D eigenvalue weighted by Gasteiger charge is -2.03. The van der Waals surface area contributed by atoms with Crippen LogP contribution in [0.5, 0.6) is 0 Å². The summed E-state index contributed by atoms with van der Waals surface area (Å²) in [4.78, 5) is 27.1. The zero-order valence-electron chi connectivity index (χ0n) is 11.7. The average molecular weight is 334 g/mol. The Morgan fingerprint density at radius 2 is 1.14 bits per heavy atom. The van der Waals surface area contributed by atoms with Crippen molar-refractivity contribution in [2.24, 2.45) is 0 Å². The largest absolute Gasteiger partial charge is 0.284 e. The molecule has 2 aromatic rings. The molecule has 0 amide bonds. The summed E-state index contributed by atoms with van der Waals surface area (Å²) < 4.78 is 0. The highest BCUT2D eigenvalue weighted by Gasteiger charge is 2.17. The van der Waals surface area contributed by atoms with Crippen molar-refractivity contribution in [2.45, 2.75) is 14.7 Å². The van der Waals surface area contributed by atoms with E-state index in [9.17, 15) is 9.59 Å². The fourth-order valence-corrected chi connectivity index (χ4v) is 3.17. The first-order valence-corrected chi connectivity index (χ1v) is 9.45. The van der Waals surface area contributed by atoms with Crippen LogP contribution in [0.15, 0.2) is 63.2 Å². The predicted octanol–water partition coefficient (Wildman–Crippen LogP) is 4.63. The zero-order chi connectivity index (χ0) is 15.2. The normalized spacial score (nSPS) is 10.4. The third kappa shape index (κ3) is 4.40. The topological polar surface area (TPSA) is 34.1 Å². The minimum atomic E-state index is -0.457. The Balaban J connectivity index is 2.05. The molecule has 0 bridgehead atoms. The number of Topliss-reactive ketones (excluding diaryl/α,β-unsaturated/α-hetero) is 1. The van der Waals surface area contributed by atoms with Crippen LogP contribution in [0.25, 0.3) is 0 Å². The van der Waals surface area contributed by atoms with Crippen molar-refractivity contribution in [1.29, 1.82) is 0 Å². The van der Waals surface area contributed by atoms with E-state index in [0.717, 1.165) is 26.4 Å². The summed E-state index contributed by atoms with van der Waals surface area (Å²) in [6.07, 6.45) is 3.96. The molecular weight excluding hydrogens is 320 g/mol. The van der Waals surface area contributed by atoms with Gasteiger partial charge in [0.2, 0.25) is 5.78 Å². The predicted molar refractivity (Wildman–Crippen MR) is 91.6 cm³/mol. The van der Waals surface area contributed by atoms with Crippen LogP contribution in [0, 0.1) is 0 Å². The summed E-state index contributed by atoms with van der Waals surface area (Å²) in [5, 5.41) is -0.455. The molecule has 0 N–H and O–H groups in total. The fraction of sp³-hybridized carbons (Fsp3) is 0.125. The van der Waals surface area contributed by atoms with Crippen LogP contribution in [-0.2, 0) is 4.79 Å². The number of thioether (sulfide) groups is 3. The van der Waals surface area contributed by atoms with Gasteiger partial charge >= 0.3 is 0 Å². The molecule has 0 aliphatic heterocycles. The third-order valence-electron chi connectivity index (χ3n) is 2.81. The highest BCUT2D eigenvalue weighted by atomic mass is 32.2. The molecule has 0 fully saturated rings. The van der Waals surface area contributed by atoms with E-state index in [0.29, 0.717) is 5.56 Å². The summed E-state index contributed by atoms with van der Waals surface area (Å²) in [6.45, 7) is 0. The molecule has 5 heteroatoms. The molecule has 2 nitrogen and oxygen atoms in total. The molecule has 0 spiro atoms. The maximum absolute atomic E-state index is 12.1. The summed E-state index contributed by atoms with van der Waals surface area (Å²) in [7, 11) is 0. The van der Waals surface area contributed by atoms with Gasteiger partial charge in [0.25, 0.3) is 5.12 Å². The number of carbonyl (C=O) groups excluding carboxylic acids is 2. The molecule has 21 heavy (non-hydrogen) atoms. The van der Waals surface area contributed by atoms with Gasteiger partial charge in [0.15, 0.2) is 0 Å². The molecule has 108 valence electrons. The van der Waals surface area contributed by atoms with E-state index in [2.05, 4.69) is 0 Å². The molecule has 0 radical (unpaired) electrons. The monoisotopic (exact) mass is 334 g/mol. The first-order chi connectivity index (χ1) is 10.1. The van der Waals surface area contributed by atoms with Gasteiger partial charge < -0.3 is 0 Å². The van der Waals surface area contributed by atoms with Gasteiger partial charge in [0.05, 0.1) is 0 Å². The molecule has 0 aliphatic carbocycles. The smallest absolute Gasteiger partial charge is 0.264 e. The lowest BCUT2D eigenvalue weighted by atomic mass is 10.1. The highest BCUT2D eigenvalue weighted by molar-refractivity contribution is 8.15. The van der Waals surface area contributed by atoms with Gasteiger partial charge in [-0.25, -0.2) is 0 Å². The highest BCUT2D eigenvalue weighted by Crippen LogP contribution is 2.24. The molecule has 2 aromatic carbocycles. The van der Waals surface area contributed by atoms with Crippen LogP contribution in [0.3, 0.4) is 0 Å². The van der Waals surface area contributed by atoms with Gasteiger partial charge in [-0.15, -0.1) is 23.5 Å². The van der Waals surface area contributed by atoms with Crippen LogP contribution in [0.4, 0.5) is 0 Å². The minimum absolute atomic E-state index is 0.436. The number of hydrogen-bond acceptors (Lipinski definition) is 5. The quantitative estimate of drug-likeness (QED) is 0.452. The molecule has 0 aliphatic rings. The molecule has 2 rings (SSSR count). The van der Waals surface area contributed by atoms with Crippen molar-refractivity contribution >= 4 is 46.2 Å². The van der Waals surface area contributed by atoms with Crippen LogP contribution >= 0.6 is 35.3 Å². The second kappa shape index (κ2) is 7.73. The van der Waals surface area contributed by atoms with Crippen LogP contribution in [0.2, 0.25) is 0 Å². The average Bonchev–Trinajstić information content (AvgIpc) is 2.55. The summed E-state index contributed by atoms with van der Waals surface area (Å²) in [5.74, 6) is -0.457. The van der Waals surface area contributed by atoms with E-state index >= 15 is 0 Å². The Bertz CT molecular complexity index is 634. The van der Waals surface area contributed by atoms with Crippen LogP contribution in [-0.4, -0.2) is 23.4 Å². The van der Waals surface area contributed by atoms with Gasteiger partial charge in [-0.2, -0.15) is 0 Å². The second-order valence-corrected chi connectivity index (χ2v) is 6.93. The standard InChI is InChI=1S/C16H14O2S3/c1-19-12-5-3-11(4-6-12)15(17)16(18)21-14-9-7-13(20-2)8-10-14/h3-10H,1-2H3. The molecule has 0 atom stereocenters. The Hall–Kier alpha value is -1.17. The second-order valence-electron chi connectivity index (χ2n) is 4.12. The van der Waals surface area contributed by atoms with Gasteiger partial charge in [-0.05, 0) is 72.8 Å². The van der Waals surface area contributed by atoms with Crippen molar-refractivity contribution in [1.82, 2.24) is 0 Å². The lowest BCUT2D eigenvalue weighted by Crippen LogP contribution is -2.09. The Labute approximate surface area is 137 Å². The number of hydrogen-bond donors (Lipinski definition) is 0. The minimum Gasteiger partial charge on any atom is -0.284 e. The van der Waals surface area contributed by atoms with Crippen molar-refractivity contribution in [3.8, 4) is 0 Å². The molecule has 0 saturated carbocycles. The van der Waals surface area contributed by atoms with Gasteiger partial charge in [0, 0.05) is 20.2 Å². The van der Waals surface area contributed by atoms with Gasteiger partial charge in [0.1, 0.15) is 0 Å². The van der Waals surface area contributed by atoms with E-state index in [1.165, 1.54) is 0 Å². The van der Waals surface area contributed by atoms with Gasteiger partial charge in [-0.1, -0.05) is 0 Å². The Morgan fingerprint density at radius 3 is 1.62 bits per heavy atom. The maximum atomic E-state index is 12.1. The number of rotatable bonds is 5. The Morgan fingerprint density at radius 1 is 0.714 bits per heavy atom. The van der Waals surface area contributed by atoms with E-state index in [4.69, 9.17) is 0 Å². The van der Waals surface area contributed by atoms with Crippen molar-refractivity contribution in [3.05, 3.63) is 54.1 Å². The molecule has 0 saturated heterocycles. The number of ketones is 1. The molecule has 0 heterocycles. The number of benzene rings is 2. The number of carbonyl (C=O) groups is 2. The van der Waals surface area contributed by atoms with Crippen molar-refractivity contribution in [2.75, 3.05) is 12.5 Å². The van der Waals surface area contributed by atoms with Crippen LogP contribution < -0.4 is 0 Å². The summed E-state index contributed by atoms with van der Waals surface area (Å²) >= 11 is 4.21. The SMILES string of the molecule is CSc1ccc(SC(=O)C(=O)c2ccc(SC)cc2)cc1. The van der Waals surface area contributed by atoms with Crippen molar-refractivity contribution in [3.63, 3.8) is 0 Å². The summed E-state index contributed by atoms with van der Waals surface area (Å²) in [6, 6.07) is 14.7. The van der Waals surface area contributed by atoms with Crippen LogP contribution in [0.1, 0.15) is 10.4 Å². The zero-order valence-corrected chi connectivity index (χ0v) is 14.1.